The molecule has 1 aromatic heterocycles. The first-order valence-electron chi connectivity index (χ1n) is 6.49. The van der Waals surface area contributed by atoms with Crippen molar-refractivity contribution in [3.8, 4) is 0 Å². The fourth-order valence-corrected chi connectivity index (χ4v) is 3.49. The van der Waals surface area contributed by atoms with Crippen LogP contribution in [0.3, 0.4) is 0 Å². The molecule has 1 aromatic carbocycles. The summed E-state index contributed by atoms with van der Waals surface area (Å²) in [5.41, 5.74) is 1.65. The molecule has 98 valence electrons. The first kappa shape index (κ1) is 12.5. The second-order valence-corrected chi connectivity index (χ2v) is 6.39. The minimum Gasteiger partial charge on any atom is -0.354 e. The molecule has 1 aliphatic rings. The number of aromatic nitrogens is 1. The number of rotatable bonds is 2. The topological polar surface area (TPSA) is 33.2 Å². The molecule has 1 fully saturated rings. The van der Waals surface area contributed by atoms with Crippen molar-refractivity contribution in [2.45, 2.75) is 12.2 Å². The SMILES string of the molecule is CC1CN(c2nc3ccccc3cc2C=O)CCS1. The Morgan fingerprint density at radius 1 is 1.42 bits per heavy atom. The largest absolute Gasteiger partial charge is 0.354 e. The van der Waals surface area contributed by atoms with Gasteiger partial charge in [-0.3, -0.25) is 4.79 Å². The molecule has 2 aromatic rings. The lowest BCUT2D eigenvalue weighted by atomic mass is 10.1. The average Bonchev–Trinajstić information content (AvgIpc) is 2.46. The van der Waals surface area contributed by atoms with Crippen molar-refractivity contribution in [3.05, 3.63) is 35.9 Å². The Labute approximate surface area is 117 Å². The third-order valence-corrected chi connectivity index (χ3v) is 4.54. The summed E-state index contributed by atoms with van der Waals surface area (Å²) in [6.45, 7) is 4.14. The first-order chi connectivity index (χ1) is 9.28. The Balaban J connectivity index is 2.08. The zero-order valence-corrected chi connectivity index (χ0v) is 11.7. The number of aldehydes is 1. The molecule has 1 atom stereocenters. The fraction of sp³-hybridized carbons (Fsp3) is 0.333. The van der Waals surface area contributed by atoms with E-state index in [0.29, 0.717) is 10.8 Å². The van der Waals surface area contributed by atoms with Crippen molar-refractivity contribution in [1.82, 2.24) is 4.98 Å². The van der Waals surface area contributed by atoms with Gasteiger partial charge in [0.15, 0.2) is 6.29 Å². The van der Waals surface area contributed by atoms with Gasteiger partial charge < -0.3 is 4.90 Å². The number of para-hydroxylation sites is 1. The highest BCUT2D eigenvalue weighted by atomic mass is 32.2. The van der Waals surface area contributed by atoms with Crippen LogP contribution in [-0.4, -0.2) is 35.4 Å². The molecule has 0 saturated carbocycles. The van der Waals surface area contributed by atoms with Crippen LogP contribution in [0.4, 0.5) is 5.82 Å². The molecule has 1 aliphatic heterocycles. The average molecular weight is 272 g/mol. The Hall–Kier alpha value is -1.55. The van der Waals surface area contributed by atoms with Crippen molar-refractivity contribution >= 4 is 34.8 Å². The van der Waals surface area contributed by atoms with Gasteiger partial charge in [0, 0.05) is 29.5 Å². The van der Waals surface area contributed by atoms with Gasteiger partial charge in [0.1, 0.15) is 5.82 Å². The van der Waals surface area contributed by atoms with Crippen molar-refractivity contribution in [2.75, 3.05) is 23.7 Å². The van der Waals surface area contributed by atoms with Gasteiger partial charge in [-0.05, 0) is 12.1 Å². The molecule has 0 radical (unpaired) electrons. The summed E-state index contributed by atoms with van der Waals surface area (Å²) < 4.78 is 0. The van der Waals surface area contributed by atoms with Crippen LogP contribution < -0.4 is 4.90 Å². The van der Waals surface area contributed by atoms with Crippen molar-refractivity contribution in [3.63, 3.8) is 0 Å². The number of thioether (sulfide) groups is 1. The van der Waals surface area contributed by atoms with Crippen molar-refractivity contribution in [1.29, 1.82) is 0 Å². The lowest BCUT2D eigenvalue weighted by Crippen LogP contribution is -2.37. The smallest absolute Gasteiger partial charge is 0.153 e. The zero-order valence-electron chi connectivity index (χ0n) is 10.9. The number of carbonyl (C=O) groups is 1. The standard InChI is InChI=1S/C15H16N2OS/c1-11-9-17(6-7-19-11)15-13(10-18)8-12-4-2-3-5-14(12)16-15/h2-5,8,10-11H,6-7,9H2,1H3. The number of hydrogen-bond acceptors (Lipinski definition) is 4. The van der Waals surface area contributed by atoms with Gasteiger partial charge in [0.05, 0.1) is 11.1 Å². The highest BCUT2D eigenvalue weighted by molar-refractivity contribution is 8.00. The van der Waals surface area contributed by atoms with E-state index in [1.807, 2.05) is 42.1 Å². The molecular weight excluding hydrogens is 256 g/mol. The predicted octanol–water partition coefficient (Wildman–Crippen LogP) is 2.99. The number of carbonyl (C=O) groups excluding carboxylic acids is 1. The number of benzene rings is 1. The summed E-state index contributed by atoms with van der Waals surface area (Å²) in [7, 11) is 0. The Bertz CT molecular complexity index is 614. The summed E-state index contributed by atoms with van der Waals surface area (Å²) >= 11 is 1.98. The van der Waals surface area contributed by atoms with Crippen LogP contribution in [0.2, 0.25) is 0 Å². The minimum absolute atomic E-state index is 0.585. The molecule has 0 N–H and O–H groups in total. The van der Waals surface area contributed by atoms with E-state index < -0.39 is 0 Å². The van der Waals surface area contributed by atoms with Gasteiger partial charge in [-0.1, -0.05) is 25.1 Å². The number of nitrogens with zero attached hydrogens (tertiary/aromatic N) is 2. The molecule has 1 unspecified atom stereocenters. The molecule has 0 aliphatic carbocycles. The maximum absolute atomic E-state index is 11.3. The third-order valence-electron chi connectivity index (χ3n) is 3.40. The lowest BCUT2D eigenvalue weighted by Gasteiger charge is -2.32. The molecule has 2 heterocycles. The first-order valence-corrected chi connectivity index (χ1v) is 7.54. The van der Waals surface area contributed by atoms with Crippen LogP contribution in [0, 0.1) is 0 Å². The van der Waals surface area contributed by atoms with E-state index >= 15 is 0 Å². The molecular formula is C15H16N2OS. The monoisotopic (exact) mass is 272 g/mol. The second-order valence-electron chi connectivity index (χ2n) is 4.84. The summed E-state index contributed by atoms with van der Waals surface area (Å²) in [5, 5.41) is 1.61. The highest BCUT2D eigenvalue weighted by Crippen LogP contribution is 2.27. The van der Waals surface area contributed by atoms with Gasteiger partial charge in [-0.25, -0.2) is 4.98 Å². The van der Waals surface area contributed by atoms with E-state index in [2.05, 4.69) is 16.8 Å². The molecule has 1 saturated heterocycles. The molecule has 3 nitrogen and oxygen atoms in total. The van der Waals surface area contributed by atoms with E-state index in [0.717, 1.165) is 41.8 Å². The van der Waals surface area contributed by atoms with Crippen molar-refractivity contribution in [2.24, 2.45) is 0 Å². The Morgan fingerprint density at radius 3 is 3.05 bits per heavy atom. The van der Waals surface area contributed by atoms with Crippen LogP contribution in [0.15, 0.2) is 30.3 Å². The Morgan fingerprint density at radius 2 is 2.26 bits per heavy atom. The molecule has 0 bridgehead atoms. The summed E-state index contributed by atoms with van der Waals surface area (Å²) in [4.78, 5) is 18.2. The quantitative estimate of drug-likeness (QED) is 0.787. The summed E-state index contributed by atoms with van der Waals surface area (Å²) in [5.74, 6) is 1.93. The van der Waals surface area contributed by atoms with Gasteiger partial charge >= 0.3 is 0 Å². The van der Waals surface area contributed by atoms with Crippen LogP contribution in [-0.2, 0) is 0 Å². The second kappa shape index (κ2) is 5.21. The van der Waals surface area contributed by atoms with E-state index in [4.69, 9.17) is 0 Å². The summed E-state index contributed by atoms with van der Waals surface area (Å²) in [6.07, 6.45) is 0.918. The fourth-order valence-electron chi connectivity index (χ4n) is 2.47. The third kappa shape index (κ3) is 2.45. The van der Waals surface area contributed by atoms with Crippen molar-refractivity contribution < 1.29 is 4.79 Å². The molecule has 19 heavy (non-hydrogen) atoms. The lowest BCUT2D eigenvalue weighted by molar-refractivity contribution is 0.112. The van der Waals surface area contributed by atoms with Gasteiger partial charge in [-0.15, -0.1) is 0 Å². The Kier molecular flexibility index (Phi) is 3.42. The van der Waals surface area contributed by atoms with Gasteiger partial charge in [0.25, 0.3) is 0 Å². The van der Waals surface area contributed by atoms with Crippen LogP contribution in [0.5, 0.6) is 0 Å². The number of pyridine rings is 1. The van der Waals surface area contributed by atoms with E-state index in [-0.39, 0.29) is 0 Å². The van der Waals surface area contributed by atoms with Gasteiger partial charge in [-0.2, -0.15) is 11.8 Å². The number of fused-ring (bicyclic) bond motifs is 1. The number of anilines is 1. The summed E-state index contributed by atoms with van der Waals surface area (Å²) in [6, 6.07) is 9.88. The molecule has 3 rings (SSSR count). The zero-order chi connectivity index (χ0) is 13.2. The van der Waals surface area contributed by atoms with Crippen LogP contribution in [0.25, 0.3) is 10.9 Å². The maximum atomic E-state index is 11.3. The normalized spacial score (nSPS) is 19.6. The molecule has 0 amide bonds. The number of hydrogen-bond donors (Lipinski definition) is 0. The van der Waals surface area contributed by atoms with E-state index in [1.54, 1.807) is 0 Å². The highest BCUT2D eigenvalue weighted by Gasteiger charge is 2.20. The maximum Gasteiger partial charge on any atom is 0.153 e. The van der Waals surface area contributed by atoms with Crippen LogP contribution >= 0.6 is 11.8 Å². The molecule has 0 spiro atoms. The molecule has 4 heteroatoms. The van der Waals surface area contributed by atoms with E-state index in [9.17, 15) is 4.79 Å². The van der Waals surface area contributed by atoms with E-state index in [1.165, 1.54) is 0 Å². The van der Waals surface area contributed by atoms with Crippen LogP contribution in [0.1, 0.15) is 17.3 Å². The minimum atomic E-state index is 0.585. The van der Waals surface area contributed by atoms with Gasteiger partial charge in [0.2, 0.25) is 0 Å². The predicted molar refractivity (Wildman–Crippen MR) is 81.3 cm³/mol.